The average molecular weight is 1010 g/mol. The van der Waals surface area contributed by atoms with Crippen LogP contribution in [0, 0.1) is 0 Å². The minimum atomic E-state index is -4.63. The molecule has 5 heterocycles. The Balaban J connectivity index is 1.09. The number of aromatic hydroxyl groups is 1. The van der Waals surface area contributed by atoms with E-state index in [0.717, 1.165) is 77.7 Å². The number of hydrogen-bond donors (Lipinski definition) is 1. The van der Waals surface area contributed by atoms with Crippen molar-refractivity contribution in [1.82, 2.24) is 24.5 Å². The second kappa shape index (κ2) is 18.1. The molecular weight excluding hydrogens is 956 g/mol. The molecule has 8 nitrogen and oxygen atoms in total. The van der Waals surface area contributed by atoms with Gasteiger partial charge in [0.2, 0.25) is 11.6 Å². The Morgan fingerprint density at radius 3 is 1.92 bits per heavy atom. The first kappa shape index (κ1) is 47.9. The molecule has 0 amide bonds. The van der Waals surface area contributed by atoms with E-state index in [1.54, 1.807) is 24.3 Å². The molecular formula is C65H50F3N5O3. The highest BCUT2D eigenvalue weighted by Gasteiger charge is 2.35. The maximum Gasteiger partial charge on any atom is 0.436 e. The summed E-state index contributed by atoms with van der Waals surface area (Å²) in [5.41, 5.74) is 13.0. The number of benzene rings is 7. The zero-order valence-corrected chi connectivity index (χ0v) is 42.5. The number of imidazole rings is 1. The molecule has 7 aromatic carbocycles. The molecule has 0 spiro atoms. The minimum Gasteiger partial charge on any atom is -0.507 e. The van der Waals surface area contributed by atoms with Crippen LogP contribution >= 0.6 is 0 Å². The third-order valence-electron chi connectivity index (χ3n) is 14.0. The highest BCUT2D eigenvalue weighted by atomic mass is 19.4. The normalized spacial score (nSPS) is 12.3. The third-order valence-corrected chi connectivity index (χ3v) is 14.0. The standard InChI is InChI=1S/C65H50F3N5O3/c1-63(2,3)45-33-43(32-44(34-45)52-35-42(30-31-69-52)38-16-9-7-10-17-38)47-21-15-23-54-57(47)72-60(73(54)53-22-14-13-20-46(53)39-18-11-8-12-19-39)56-58(74)50(64(4,5)6)36-49-48-28-29-51(70-62(48)76-59(49)56)40-24-26-41(27-25-40)61-71-55(37-75-61)65(66,67)68/h7-37,74H,1-6H3. The third kappa shape index (κ3) is 8.57. The van der Waals surface area contributed by atoms with Crippen molar-refractivity contribution in [2.45, 2.75) is 58.5 Å². The molecule has 0 fully saturated rings. The monoisotopic (exact) mass is 1010 g/mol. The second-order valence-electron chi connectivity index (χ2n) is 21.2. The Morgan fingerprint density at radius 2 is 1.21 bits per heavy atom. The van der Waals surface area contributed by atoms with Gasteiger partial charge >= 0.3 is 6.18 Å². The highest BCUT2D eigenvalue weighted by Crippen LogP contribution is 2.49. The van der Waals surface area contributed by atoms with Crippen LogP contribution in [0.5, 0.6) is 5.75 Å². The van der Waals surface area contributed by atoms with Crippen molar-refractivity contribution in [2.75, 3.05) is 0 Å². The van der Waals surface area contributed by atoms with Gasteiger partial charge in [-0.2, -0.15) is 13.2 Å². The Kier molecular flexibility index (Phi) is 11.4. The lowest BCUT2D eigenvalue weighted by Crippen LogP contribution is -2.12. The fourth-order valence-electron chi connectivity index (χ4n) is 10.1. The number of furan rings is 1. The Bertz CT molecular complexity index is 4180. The fourth-order valence-corrected chi connectivity index (χ4v) is 10.1. The molecule has 12 rings (SSSR count). The van der Waals surface area contributed by atoms with Gasteiger partial charge in [0.1, 0.15) is 17.6 Å². The molecule has 0 saturated carbocycles. The topological polar surface area (TPSA) is 103 Å². The zero-order chi connectivity index (χ0) is 52.7. The van der Waals surface area contributed by atoms with Crippen LogP contribution in [0.25, 0.3) is 118 Å². The van der Waals surface area contributed by atoms with Crippen LogP contribution in [0.3, 0.4) is 0 Å². The molecule has 5 aromatic heterocycles. The summed E-state index contributed by atoms with van der Waals surface area (Å²) in [4.78, 5) is 19.3. The summed E-state index contributed by atoms with van der Waals surface area (Å²) >= 11 is 0. The summed E-state index contributed by atoms with van der Waals surface area (Å²) in [6.07, 6.45) is -2.15. The van der Waals surface area contributed by atoms with Crippen molar-refractivity contribution in [3.05, 3.63) is 205 Å². The summed E-state index contributed by atoms with van der Waals surface area (Å²) in [7, 11) is 0. The van der Waals surface area contributed by atoms with Gasteiger partial charge in [-0.05, 0) is 105 Å². The number of phenolic OH excluding ortho intramolecular Hbond substituents is 1. The summed E-state index contributed by atoms with van der Waals surface area (Å²) < 4.78 is 54.2. The van der Waals surface area contributed by atoms with Crippen LogP contribution in [0.2, 0.25) is 0 Å². The van der Waals surface area contributed by atoms with Crippen LogP contribution in [0.15, 0.2) is 197 Å². The number of nitrogens with zero attached hydrogens (tertiary/aromatic N) is 5. The number of fused-ring (bicyclic) bond motifs is 4. The Morgan fingerprint density at radius 1 is 0.526 bits per heavy atom. The number of pyridine rings is 2. The predicted octanol–water partition coefficient (Wildman–Crippen LogP) is 17.7. The summed E-state index contributed by atoms with van der Waals surface area (Å²) in [6, 6.07) is 58.5. The zero-order valence-electron chi connectivity index (χ0n) is 42.5. The smallest absolute Gasteiger partial charge is 0.436 e. The van der Waals surface area contributed by atoms with E-state index in [2.05, 4.69) is 130 Å². The van der Waals surface area contributed by atoms with E-state index in [1.165, 1.54) is 0 Å². The van der Waals surface area contributed by atoms with Crippen LogP contribution in [0.1, 0.15) is 58.4 Å². The van der Waals surface area contributed by atoms with Crippen molar-refractivity contribution in [3.63, 3.8) is 0 Å². The quantitative estimate of drug-likeness (QED) is 0.162. The van der Waals surface area contributed by atoms with Gasteiger partial charge in [-0.25, -0.2) is 15.0 Å². The van der Waals surface area contributed by atoms with Crippen molar-refractivity contribution in [1.29, 1.82) is 0 Å². The van der Waals surface area contributed by atoms with E-state index >= 15 is 0 Å². The van der Waals surface area contributed by atoms with E-state index in [9.17, 15) is 18.3 Å². The molecule has 0 saturated heterocycles. The van der Waals surface area contributed by atoms with Crippen molar-refractivity contribution < 1.29 is 27.1 Å². The first-order valence-electron chi connectivity index (χ1n) is 25.1. The van der Waals surface area contributed by atoms with Crippen LogP contribution in [-0.2, 0) is 17.0 Å². The first-order chi connectivity index (χ1) is 36.5. The van der Waals surface area contributed by atoms with Crippen molar-refractivity contribution in [3.8, 4) is 90.2 Å². The van der Waals surface area contributed by atoms with E-state index in [0.29, 0.717) is 51.3 Å². The number of hydrogen-bond acceptors (Lipinski definition) is 7. The van der Waals surface area contributed by atoms with Crippen LogP contribution < -0.4 is 0 Å². The maximum absolute atomic E-state index is 13.3. The molecule has 0 aliphatic heterocycles. The summed E-state index contributed by atoms with van der Waals surface area (Å²) in [6.45, 7) is 12.9. The number of aromatic nitrogens is 5. The molecule has 0 radical (unpaired) electrons. The Labute approximate surface area is 436 Å². The molecule has 0 aliphatic carbocycles. The number of rotatable bonds is 8. The van der Waals surface area contributed by atoms with Gasteiger partial charge in [0.25, 0.3) is 0 Å². The molecule has 0 bridgehead atoms. The van der Waals surface area contributed by atoms with E-state index in [1.807, 2.05) is 79.0 Å². The number of para-hydroxylation sites is 2. The number of phenols is 1. The molecule has 76 heavy (non-hydrogen) atoms. The predicted molar refractivity (Wildman–Crippen MR) is 296 cm³/mol. The number of oxazole rings is 1. The van der Waals surface area contributed by atoms with Gasteiger partial charge < -0.3 is 13.9 Å². The van der Waals surface area contributed by atoms with E-state index in [-0.39, 0.29) is 17.1 Å². The van der Waals surface area contributed by atoms with E-state index in [4.69, 9.17) is 23.8 Å². The molecule has 11 heteroatoms. The minimum absolute atomic E-state index is 0.0340. The largest absolute Gasteiger partial charge is 0.507 e. The molecule has 0 aliphatic rings. The molecule has 1 N–H and O–H groups in total. The SMILES string of the molecule is CC(C)(C)c1cc(-c2cc(-c3ccccc3)ccn2)cc(-c2cccc3c2nc(-c2c(O)c(C(C)(C)C)cc4c2oc2nc(-c5ccc(-c6nc(C(F)(F)F)co6)cc5)ccc24)n3-c2ccccc2-c2ccccc2)c1. The lowest BCUT2D eigenvalue weighted by Gasteiger charge is -2.23. The van der Waals surface area contributed by atoms with Gasteiger partial charge in [-0.15, -0.1) is 0 Å². The van der Waals surface area contributed by atoms with Gasteiger partial charge in [0.05, 0.1) is 28.1 Å². The van der Waals surface area contributed by atoms with Gasteiger partial charge in [0, 0.05) is 50.4 Å². The molecule has 0 atom stereocenters. The Hall–Kier alpha value is -9.09. The second-order valence-corrected chi connectivity index (χ2v) is 21.2. The average Bonchev–Trinajstić information content (AvgIpc) is 4.20. The number of alkyl halides is 3. The fraction of sp³-hybridized carbons (Fsp3) is 0.138. The summed E-state index contributed by atoms with van der Waals surface area (Å²) in [5, 5.41) is 14.4. The summed E-state index contributed by atoms with van der Waals surface area (Å²) in [5.74, 6) is 0.363. The van der Waals surface area contributed by atoms with Crippen molar-refractivity contribution in [2.24, 2.45) is 0 Å². The van der Waals surface area contributed by atoms with Gasteiger partial charge in [-0.1, -0.05) is 151 Å². The first-order valence-corrected chi connectivity index (χ1v) is 25.1. The number of halogens is 3. The maximum atomic E-state index is 13.3. The molecule has 374 valence electrons. The lowest BCUT2D eigenvalue weighted by molar-refractivity contribution is -0.141. The van der Waals surface area contributed by atoms with Gasteiger partial charge in [0.15, 0.2) is 17.1 Å². The molecule has 0 unspecified atom stereocenters. The highest BCUT2D eigenvalue weighted by molar-refractivity contribution is 6.11. The van der Waals surface area contributed by atoms with Crippen molar-refractivity contribution >= 4 is 33.1 Å². The van der Waals surface area contributed by atoms with Crippen LogP contribution in [0.4, 0.5) is 13.2 Å². The van der Waals surface area contributed by atoms with Gasteiger partial charge in [-0.3, -0.25) is 9.55 Å². The lowest BCUT2D eigenvalue weighted by atomic mass is 9.83. The van der Waals surface area contributed by atoms with Crippen LogP contribution in [-0.4, -0.2) is 29.6 Å². The molecule has 12 aromatic rings. The van der Waals surface area contributed by atoms with E-state index < -0.39 is 17.3 Å².